The minimum Gasteiger partial charge on any atom is -0.481 e. The molecule has 24 heavy (non-hydrogen) atoms. The van der Waals surface area contributed by atoms with Crippen molar-refractivity contribution < 1.29 is 19.1 Å². The van der Waals surface area contributed by atoms with Crippen LogP contribution in [-0.4, -0.2) is 73.1 Å². The normalized spacial score (nSPS) is 21.5. The van der Waals surface area contributed by atoms with Crippen LogP contribution in [0.3, 0.4) is 0 Å². The van der Waals surface area contributed by atoms with Crippen molar-refractivity contribution in [1.82, 2.24) is 14.8 Å². The number of rotatable bonds is 3. The molecule has 2 amide bonds. The third kappa shape index (κ3) is 3.67. The summed E-state index contributed by atoms with van der Waals surface area (Å²) in [6, 6.07) is 3.38. The number of ether oxygens (including phenoxy) is 2. The van der Waals surface area contributed by atoms with Crippen LogP contribution >= 0.6 is 0 Å². The summed E-state index contributed by atoms with van der Waals surface area (Å²) in [6.07, 6.45) is 3.20. The van der Waals surface area contributed by atoms with Crippen LogP contribution in [0.4, 0.5) is 0 Å². The number of piperidine rings is 1. The molecule has 0 N–H and O–H groups in total. The summed E-state index contributed by atoms with van der Waals surface area (Å²) in [5, 5.41) is 0. The van der Waals surface area contributed by atoms with E-state index in [0.717, 1.165) is 12.8 Å². The number of carbonyl (C=O) groups is 2. The van der Waals surface area contributed by atoms with E-state index in [2.05, 4.69) is 4.98 Å². The van der Waals surface area contributed by atoms with Gasteiger partial charge in [-0.15, -0.1) is 0 Å². The molecule has 2 aliphatic heterocycles. The number of morpholine rings is 1. The molecule has 0 bridgehead atoms. The zero-order chi connectivity index (χ0) is 16.9. The minimum atomic E-state index is -0.119. The molecule has 0 saturated carbocycles. The van der Waals surface area contributed by atoms with Crippen LogP contribution in [-0.2, 0) is 9.53 Å². The summed E-state index contributed by atoms with van der Waals surface area (Å²) in [5.41, 5.74) is 0.523. The Hall–Kier alpha value is -2.15. The summed E-state index contributed by atoms with van der Waals surface area (Å²) in [7, 11) is 1.54. The first-order chi connectivity index (χ1) is 11.7. The molecule has 1 atom stereocenters. The van der Waals surface area contributed by atoms with E-state index in [1.165, 1.54) is 13.3 Å². The Morgan fingerprint density at radius 2 is 2.00 bits per heavy atom. The molecule has 1 aromatic heterocycles. The van der Waals surface area contributed by atoms with Crippen LogP contribution in [0.1, 0.15) is 23.2 Å². The van der Waals surface area contributed by atoms with E-state index < -0.39 is 0 Å². The van der Waals surface area contributed by atoms with E-state index in [0.29, 0.717) is 50.8 Å². The van der Waals surface area contributed by atoms with Crippen molar-refractivity contribution in [3.63, 3.8) is 0 Å². The summed E-state index contributed by atoms with van der Waals surface area (Å²) in [5.74, 6) is 0.422. The number of hydrogen-bond acceptors (Lipinski definition) is 5. The fourth-order valence-corrected chi connectivity index (χ4v) is 3.22. The number of hydrogen-bond donors (Lipinski definition) is 0. The Morgan fingerprint density at radius 1 is 1.21 bits per heavy atom. The molecular weight excluding hydrogens is 310 g/mol. The standard InChI is InChI=1S/C17H23N3O4/c1-23-15-5-4-13(11-18-15)16(21)20-6-2-3-14(12-20)17(22)19-7-9-24-10-8-19/h4-5,11,14H,2-3,6-10,12H2,1H3/t14-/m1/s1. The first-order valence-electron chi connectivity index (χ1n) is 8.35. The number of amides is 2. The van der Waals surface area contributed by atoms with Crippen molar-refractivity contribution in [2.75, 3.05) is 46.5 Å². The van der Waals surface area contributed by atoms with Crippen molar-refractivity contribution in [3.8, 4) is 5.88 Å². The number of pyridine rings is 1. The van der Waals surface area contributed by atoms with Crippen molar-refractivity contribution in [2.45, 2.75) is 12.8 Å². The topological polar surface area (TPSA) is 72.0 Å². The molecule has 0 unspecified atom stereocenters. The van der Waals surface area contributed by atoms with E-state index in [4.69, 9.17) is 9.47 Å². The predicted octanol–water partition coefficient (Wildman–Crippen LogP) is 0.801. The van der Waals surface area contributed by atoms with Crippen LogP contribution in [0.15, 0.2) is 18.3 Å². The van der Waals surface area contributed by atoms with Gasteiger partial charge < -0.3 is 19.3 Å². The van der Waals surface area contributed by atoms with Gasteiger partial charge in [0.05, 0.1) is 31.8 Å². The maximum absolute atomic E-state index is 12.6. The molecular formula is C17H23N3O4. The van der Waals surface area contributed by atoms with Crippen LogP contribution < -0.4 is 4.74 Å². The van der Waals surface area contributed by atoms with Gasteiger partial charge in [-0.2, -0.15) is 0 Å². The van der Waals surface area contributed by atoms with Gasteiger partial charge in [-0.1, -0.05) is 0 Å². The smallest absolute Gasteiger partial charge is 0.255 e. The lowest BCUT2D eigenvalue weighted by Gasteiger charge is -2.36. The Balaban J connectivity index is 1.63. The van der Waals surface area contributed by atoms with Crippen LogP contribution in [0.5, 0.6) is 5.88 Å². The largest absolute Gasteiger partial charge is 0.481 e. The highest BCUT2D eigenvalue weighted by molar-refractivity contribution is 5.94. The molecule has 3 rings (SSSR count). The molecule has 0 spiro atoms. The minimum absolute atomic E-state index is 0.0790. The Morgan fingerprint density at radius 3 is 2.67 bits per heavy atom. The molecule has 0 radical (unpaired) electrons. The molecule has 2 saturated heterocycles. The quantitative estimate of drug-likeness (QED) is 0.818. The van der Waals surface area contributed by atoms with Crippen LogP contribution in [0, 0.1) is 5.92 Å². The lowest BCUT2D eigenvalue weighted by molar-refractivity contribution is -0.141. The van der Waals surface area contributed by atoms with Crippen molar-refractivity contribution in [1.29, 1.82) is 0 Å². The first kappa shape index (κ1) is 16.7. The monoisotopic (exact) mass is 333 g/mol. The Bertz CT molecular complexity index is 584. The van der Waals surface area contributed by atoms with E-state index in [1.54, 1.807) is 17.0 Å². The second-order valence-electron chi connectivity index (χ2n) is 6.12. The fourth-order valence-electron chi connectivity index (χ4n) is 3.22. The van der Waals surface area contributed by atoms with Gasteiger partial charge in [0, 0.05) is 38.4 Å². The lowest BCUT2D eigenvalue weighted by Crippen LogP contribution is -2.49. The van der Waals surface area contributed by atoms with Gasteiger partial charge >= 0.3 is 0 Å². The van der Waals surface area contributed by atoms with Crippen LogP contribution in [0.2, 0.25) is 0 Å². The van der Waals surface area contributed by atoms with Gasteiger partial charge in [-0.25, -0.2) is 4.98 Å². The number of methoxy groups -OCH3 is 1. The highest BCUT2D eigenvalue weighted by atomic mass is 16.5. The number of carbonyl (C=O) groups excluding carboxylic acids is 2. The molecule has 1 aromatic rings. The molecule has 130 valence electrons. The average molecular weight is 333 g/mol. The average Bonchev–Trinajstić information content (AvgIpc) is 2.67. The van der Waals surface area contributed by atoms with Crippen molar-refractivity contribution >= 4 is 11.8 Å². The zero-order valence-electron chi connectivity index (χ0n) is 13.9. The second-order valence-corrected chi connectivity index (χ2v) is 6.12. The number of aromatic nitrogens is 1. The second kappa shape index (κ2) is 7.61. The first-order valence-corrected chi connectivity index (χ1v) is 8.35. The van der Waals surface area contributed by atoms with Gasteiger partial charge in [0.1, 0.15) is 0 Å². The summed E-state index contributed by atoms with van der Waals surface area (Å²) < 4.78 is 10.3. The van der Waals surface area contributed by atoms with Gasteiger partial charge in [0.15, 0.2) is 0 Å². The van der Waals surface area contributed by atoms with Crippen molar-refractivity contribution in [2.24, 2.45) is 5.92 Å². The van der Waals surface area contributed by atoms with Gasteiger partial charge in [-0.3, -0.25) is 9.59 Å². The fraction of sp³-hybridized carbons (Fsp3) is 0.588. The van der Waals surface area contributed by atoms with Crippen LogP contribution in [0.25, 0.3) is 0 Å². The molecule has 7 heteroatoms. The maximum Gasteiger partial charge on any atom is 0.255 e. The van der Waals surface area contributed by atoms with Gasteiger partial charge in [0.2, 0.25) is 11.8 Å². The Kier molecular flexibility index (Phi) is 5.30. The van der Waals surface area contributed by atoms with E-state index in [9.17, 15) is 9.59 Å². The third-order valence-corrected chi connectivity index (χ3v) is 4.57. The third-order valence-electron chi connectivity index (χ3n) is 4.57. The predicted molar refractivity (Wildman–Crippen MR) is 86.8 cm³/mol. The highest BCUT2D eigenvalue weighted by Crippen LogP contribution is 2.21. The Labute approximate surface area is 141 Å². The van der Waals surface area contributed by atoms with Gasteiger partial charge in [0.25, 0.3) is 5.91 Å². The molecule has 0 aliphatic carbocycles. The molecule has 2 aliphatic rings. The summed E-state index contributed by atoms with van der Waals surface area (Å²) in [6.45, 7) is 3.63. The highest BCUT2D eigenvalue weighted by Gasteiger charge is 2.32. The maximum atomic E-state index is 12.6. The van der Waals surface area contributed by atoms with Gasteiger partial charge in [-0.05, 0) is 18.9 Å². The number of likely N-dealkylation sites (tertiary alicyclic amines) is 1. The van der Waals surface area contributed by atoms with E-state index in [-0.39, 0.29) is 17.7 Å². The van der Waals surface area contributed by atoms with E-state index in [1.807, 2.05) is 4.90 Å². The zero-order valence-corrected chi connectivity index (χ0v) is 13.9. The number of nitrogens with zero attached hydrogens (tertiary/aromatic N) is 3. The molecule has 7 nitrogen and oxygen atoms in total. The molecule has 0 aromatic carbocycles. The summed E-state index contributed by atoms with van der Waals surface area (Å²) in [4.78, 5) is 33.0. The SMILES string of the molecule is COc1ccc(C(=O)N2CCC[C@@H](C(=O)N3CCOCC3)C2)cn1. The molecule has 2 fully saturated rings. The lowest BCUT2D eigenvalue weighted by atomic mass is 9.95. The molecule has 3 heterocycles. The van der Waals surface area contributed by atoms with E-state index >= 15 is 0 Å². The van der Waals surface area contributed by atoms with Crippen molar-refractivity contribution in [3.05, 3.63) is 23.9 Å². The summed E-state index contributed by atoms with van der Waals surface area (Å²) >= 11 is 0.